The van der Waals surface area contributed by atoms with Gasteiger partial charge < -0.3 is 9.47 Å². The van der Waals surface area contributed by atoms with E-state index in [9.17, 15) is 4.79 Å². The molecule has 0 saturated heterocycles. The summed E-state index contributed by atoms with van der Waals surface area (Å²) in [5.41, 5.74) is 1.87. The summed E-state index contributed by atoms with van der Waals surface area (Å²) >= 11 is 0. The summed E-state index contributed by atoms with van der Waals surface area (Å²) in [6.45, 7) is 4.02. The van der Waals surface area contributed by atoms with E-state index >= 15 is 0 Å². The van der Waals surface area contributed by atoms with Gasteiger partial charge in [0.2, 0.25) is 0 Å². The number of fused-ring (bicyclic) bond motifs is 1. The van der Waals surface area contributed by atoms with E-state index < -0.39 is 5.97 Å². The third-order valence-electron chi connectivity index (χ3n) is 2.74. The van der Waals surface area contributed by atoms with Gasteiger partial charge >= 0.3 is 5.97 Å². The van der Waals surface area contributed by atoms with Crippen molar-refractivity contribution >= 4 is 11.7 Å². The molecular formula is C14H16O3. The average Bonchev–Trinajstić information content (AvgIpc) is 2.27. The highest BCUT2D eigenvalue weighted by Crippen LogP contribution is 2.34. The van der Waals surface area contributed by atoms with E-state index in [0.717, 1.165) is 12.0 Å². The Morgan fingerprint density at radius 1 is 1.41 bits per heavy atom. The molecule has 0 aromatic heterocycles. The Morgan fingerprint density at radius 3 is 2.82 bits per heavy atom. The molecule has 17 heavy (non-hydrogen) atoms. The monoisotopic (exact) mass is 232 g/mol. The van der Waals surface area contributed by atoms with Gasteiger partial charge in [0.15, 0.2) is 0 Å². The van der Waals surface area contributed by atoms with Crippen LogP contribution in [0.1, 0.15) is 25.0 Å². The van der Waals surface area contributed by atoms with Crippen molar-refractivity contribution in [2.45, 2.75) is 25.9 Å². The molecule has 0 unspecified atom stereocenters. The van der Waals surface area contributed by atoms with Crippen LogP contribution in [0.4, 0.5) is 0 Å². The van der Waals surface area contributed by atoms with Gasteiger partial charge in [0.1, 0.15) is 11.4 Å². The molecule has 0 spiro atoms. The van der Waals surface area contributed by atoms with Crippen LogP contribution in [-0.4, -0.2) is 18.7 Å². The quantitative estimate of drug-likeness (QED) is 0.551. The van der Waals surface area contributed by atoms with E-state index in [-0.39, 0.29) is 5.60 Å². The maximum Gasteiger partial charge on any atom is 0.334 e. The highest BCUT2D eigenvalue weighted by atomic mass is 16.5. The van der Waals surface area contributed by atoms with Crippen molar-refractivity contribution in [1.82, 2.24) is 0 Å². The summed E-state index contributed by atoms with van der Waals surface area (Å²) in [6, 6.07) is 7.95. The number of carbonyl (C=O) groups excluding carboxylic acids is 1. The molecule has 1 aliphatic heterocycles. The first-order valence-corrected chi connectivity index (χ1v) is 5.59. The van der Waals surface area contributed by atoms with E-state index in [2.05, 4.69) is 10.8 Å². The zero-order chi connectivity index (χ0) is 12.5. The highest BCUT2D eigenvalue weighted by molar-refractivity contribution is 5.90. The molecule has 0 radical (unpaired) electrons. The van der Waals surface area contributed by atoms with Gasteiger partial charge in [-0.3, -0.25) is 0 Å². The zero-order valence-corrected chi connectivity index (χ0v) is 10.3. The summed E-state index contributed by atoms with van der Waals surface area (Å²) in [7, 11) is 1.36. The van der Waals surface area contributed by atoms with Crippen molar-refractivity contribution in [1.29, 1.82) is 0 Å². The molecule has 0 atom stereocenters. The molecule has 1 heterocycles. The average molecular weight is 232 g/mol. The molecule has 3 nitrogen and oxygen atoms in total. The van der Waals surface area contributed by atoms with Gasteiger partial charge in [-0.2, -0.15) is 0 Å². The molecule has 3 heteroatoms. The van der Waals surface area contributed by atoms with Crippen molar-refractivity contribution < 1.29 is 14.3 Å². The minimum Gasteiger partial charge on any atom is -0.487 e. The van der Waals surface area contributed by atoms with Crippen LogP contribution in [0.2, 0.25) is 0 Å². The van der Waals surface area contributed by atoms with E-state index in [0.29, 0.717) is 5.76 Å². The van der Waals surface area contributed by atoms with Crippen molar-refractivity contribution in [2.75, 3.05) is 7.11 Å². The Balaban J connectivity index is 2.46. The number of methoxy groups -OCH3 is 1. The standard InChI is InChI=1S/C14H16O3/c1-14(2)9-10-6-4-5-7-11(10)12(17-14)8-13(15)16-3/h4-8H,9H2,1-3H3/b12-8-. The lowest BCUT2D eigenvalue weighted by molar-refractivity contribution is -0.134. The minimum absolute atomic E-state index is 0.297. The van der Waals surface area contributed by atoms with Gasteiger partial charge in [0.25, 0.3) is 0 Å². The number of ether oxygens (including phenoxy) is 2. The van der Waals surface area contributed by atoms with Gasteiger partial charge in [-0.15, -0.1) is 0 Å². The molecule has 0 N–H and O–H groups in total. The fourth-order valence-electron chi connectivity index (χ4n) is 2.04. The molecule has 0 saturated carbocycles. The van der Waals surface area contributed by atoms with Crippen LogP contribution in [0.5, 0.6) is 0 Å². The third kappa shape index (κ3) is 2.49. The topological polar surface area (TPSA) is 35.5 Å². The van der Waals surface area contributed by atoms with Crippen molar-refractivity contribution in [3.63, 3.8) is 0 Å². The van der Waals surface area contributed by atoms with E-state index in [4.69, 9.17) is 4.74 Å². The lowest BCUT2D eigenvalue weighted by atomic mass is 9.90. The second kappa shape index (κ2) is 4.24. The third-order valence-corrected chi connectivity index (χ3v) is 2.74. The molecule has 90 valence electrons. The van der Waals surface area contributed by atoms with E-state index in [1.165, 1.54) is 18.7 Å². The van der Waals surface area contributed by atoms with Crippen LogP contribution < -0.4 is 0 Å². The lowest BCUT2D eigenvalue weighted by Crippen LogP contribution is -2.31. The Labute approximate surface area is 101 Å². The number of carbonyl (C=O) groups is 1. The van der Waals surface area contributed by atoms with Gasteiger partial charge in [-0.05, 0) is 19.4 Å². The molecule has 1 aliphatic rings. The summed E-state index contributed by atoms with van der Waals surface area (Å²) < 4.78 is 10.5. The normalized spacial score (nSPS) is 19.4. The smallest absolute Gasteiger partial charge is 0.334 e. The van der Waals surface area contributed by atoms with Crippen molar-refractivity contribution in [2.24, 2.45) is 0 Å². The molecule has 0 aliphatic carbocycles. The summed E-state index contributed by atoms with van der Waals surface area (Å²) in [5.74, 6) is 0.191. The lowest BCUT2D eigenvalue weighted by Gasteiger charge is -2.34. The van der Waals surface area contributed by atoms with E-state index in [1.807, 2.05) is 32.0 Å². The molecule has 0 bridgehead atoms. The Kier molecular flexibility index (Phi) is 2.92. The number of hydrogen-bond donors (Lipinski definition) is 0. The Hall–Kier alpha value is -1.77. The summed E-state index contributed by atoms with van der Waals surface area (Å²) in [4.78, 5) is 11.3. The number of esters is 1. The minimum atomic E-state index is -0.396. The first-order valence-electron chi connectivity index (χ1n) is 5.59. The summed E-state index contributed by atoms with van der Waals surface area (Å²) in [6.07, 6.45) is 2.24. The fraction of sp³-hybridized carbons (Fsp3) is 0.357. The molecule has 1 aromatic rings. The second-order valence-corrected chi connectivity index (χ2v) is 4.73. The predicted molar refractivity (Wildman–Crippen MR) is 65.3 cm³/mol. The molecule has 0 fully saturated rings. The van der Waals surface area contributed by atoms with Crippen LogP contribution in [-0.2, 0) is 20.7 Å². The molecular weight excluding hydrogens is 216 g/mol. The maximum absolute atomic E-state index is 11.3. The van der Waals surface area contributed by atoms with Crippen LogP contribution in [0.15, 0.2) is 30.3 Å². The van der Waals surface area contributed by atoms with Crippen LogP contribution in [0.3, 0.4) is 0 Å². The Morgan fingerprint density at radius 2 is 2.12 bits per heavy atom. The number of benzene rings is 1. The van der Waals surface area contributed by atoms with Gasteiger partial charge in [0.05, 0.1) is 13.2 Å². The van der Waals surface area contributed by atoms with Crippen LogP contribution in [0.25, 0.3) is 5.76 Å². The number of rotatable bonds is 1. The van der Waals surface area contributed by atoms with Gasteiger partial charge in [-0.1, -0.05) is 24.3 Å². The van der Waals surface area contributed by atoms with E-state index in [1.54, 1.807) is 0 Å². The zero-order valence-electron chi connectivity index (χ0n) is 10.3. The van der Waals surface area contributed by atoms with Gasteiger partial charge in [0, 0.05) is 12.0 Å². The molecule has 2 rings (SSSR count). The number of hydrogen-bond acceptors (Lipinski definition) is 3. The van der Waals surface area contributed by atoms with Crippen molar-refractivity contribution in [3.8, 4) is 0 Å². The molecule has 0 amide bonds. The fourth-order valence-corrected chi connectivity index (χ4v) is 2.04. The maximum atomic E-state index is 11.3. The largest absolute Gasteiger partial charge is 0.487 e. The van der Waals surface area contributed by atoms with Crippen LogP contribution in [0, 0.1) is 0 Å². The van der Waals surface area contributed by atoms with Crippen molar-refractivity contribution in [3.05, 3.63) is 41.5 Å². The highest BCUT2D eigenvalue weighted by Gasteiger charge is 2.29. The first kappa shape index (κ1) is 11.7. The SMILES string of the molecule is COC(=O)/C=C1\OC(C)(C)Cc2ccccc21. The summed E-state index contributed by atoms with van der Waals surface area (Å²) in [5, 5.41) is 0. The molecule has 1 aromatic carbocycles. The second-order valence-electron chi connectivity index (χ2n) is 4.73. The van der Waals surface area contributed by atoms with Gasteiger partial charge in [-0.25, -0.2) is 4.79 Å². The van der Waals surface area contributed by atoms with Crippen LogP contribution >= 0.6 is 0 Å². The first-order chi connectivity index (χ1) is 8.02. The Bertz CT molecular complexity index is 472. The predicted octanol–water partition coefficient (Wildman–Crippen LogP) is 2.55.